The molecule has 0 aromatic carbocycles. The minimum atomic E-state index is -0.343. The van der Waals surface area contributed by atoms with Crippen molar-refractivity contribution in [2.75, 3.05) is 12.4 Å². The lowest BCUT2D eigenvalue weighted by atomic mass is 10.2. The molecule has 1 atom stereocenters. The summed E-state index contributed by atoms with van der Waals surface area (Å²) in [7, 11) is 0. The monoisotopic (exact) mass is 270 g/mol. The summed E-state index contributed by atoms with van der Waals surface area (Å²) in [6.45, 7) is 3.63. The molecule has 1 fully saturated rings. The van der Waals surface area contributed by atoms with Crippen LogP contribution < -0.4 is 5.73 Å². The van der Waals surface area contributed by atoms with Crippen molar-refractivity contribution in [2.45, 2.75) is 44.0 Å². The summed E-state index contributed by atoms with van der Waals surface area (Å²) in [6.07, 6.45) is 3.23. The lowest BCUT2D eigenvalue weighted by Gasteiger charge is -2.13. The molecule has 1 saturated heterocycles. The van der Waals surface area contributed by atoms with Gasteiger partial charge in [0.15, 0.2) is 5.16 Å². The second-order valence-corrected chi connectivity index (χ2v) is 5.20. The Labute approximate surface area is 110 Å². The maximum atomic E-state index is 10.8. The Morgan fingerprint density at radius 2 is 2.44 bits per heavy atom. The van der Waals surface area contributed by atoms with E-state index >= 15 is 0 Å². The third kappa shape index (κ3) is 3.23. The average Bonchev–Trinajstić information content (AvgIpc) is 2.97. The van der Waals surface area contributed by atoms with Gasteiger partial charge in [-0.05, 0) is 12.8 Å². The van der Waals surface area contributed by atoms with Crippen LogP contribution in [0.15, 0.2) is 5.16 Å². The lowest BCUT2D eigenvalue weighted by molar-refractivity contribution is -0.115. The fourth-order valence-electron chi connectivity index (χ4n) is 2.00. The number of carbonyl (C=O) groups is 1. The van der Waals surface area contributed by atoms with Crippen LogP contribution in [0.3, 0.4) is 0 Å². The van der Waals surface area contributed by atoms with E-state index in [1.807, 2.05) is 11.5 Å². The Balaban J connectivity index is 2.08. The van der Waals surface area contributed by atoms with E-state index in [1.165, 1.54) is 11.8 Å². The van der Waals surface area contributed by atoms with E-state index in [2.05, 4.69) is 10.2 Å². The minimum absolute atomic E-state index is 0.230. The van der Waals surface area contributed by atoms with Crippen molar-refractivity contribution in [1.29, 1.82) is 0 Å². The fourth-order valence-corrected chi connectivity index (χ4v) is 2.70. The van der Waals surface area contributed by atoms with Crippen LogP contribution in [0.25, 0.3) is 0 Å². The van der Waals surface area contributed by atoms with Gasteiger partial charge in [-0.15, -0.1) is 10.2 Å². The van der Waals surface area contributed by atoms with Gasteiger partial charge in [-0.3, -0.25) is 4.79 Å². The van der Waals surface area contributed by atoms with Gasteiger partial charge in [0.1, 0.15) is 5.82 Å². The number of carbonyl (C=O) groups excluding carboxylic acids is 1. The number of ether oxygens (including phenoxy) is 1. The summed E-state index contributed by atoms with van der Waals surface area (Å²) < 4.78 is 7.67. The summed E-state index contributed by atoms with van der Waals surface area (Å²) in [5, 5.41) is 9.00. The smallest absolute Gasteiger partial charge is 0.227 e. The quantitative estimate of drug-likeness (QED) is 0.765. The molecule has 2 heterocycles. The van der Waals surface area contributed by atoms with Crippen LogP contribution in [-0.2, 0) is 22.5 Å². The molecule has 6 nitrogen and oxygen atoms in total. The number of aromatic nitrogens is 3. The second kappa shape index (κ2) is 6.19. The van der Waals surface area contributed by atoms with E-state index in [0.717, 1.165) is 43.4 Å². The molecule has 0 radical (unpaired) electrons. The third-order valence-corrected chi connectivity index (χ3v) is 3.85. The number of thioether (sulfide) groups is 1. The largest absolute Gasteiger partial charge is 0.376 e. The van der Waals surface area contributed by atoms with E-state index < -0.39 is 0 Å². The van der Waals surface area contributed by atoms with Gasteiger partial charge in [-0.1, -0.05) is 18.7 Å². The molecule has 1 aliphatic rings. The average molecular weight is 270 g/mol. The number of hydrogen-bond acceptors (Lipinski definition) is 5. The van der Waals surface area contributed by atoms with Crippen molar-refractivity contribution in [1.82, 2.24) is 14.8 Å². The van der Waals surface area contributed by atoms with E-state index in [-0.39, 0.29) is 17.8 Å². The molecule has 2 rings (SSSR count). The van der Waals surface area contributed by atoms with Crippen molar-refractivity contribution in [3.8, 4) is 0 Å². The van der Waals surface area contributed by atoms with Crippen LogP contribution in [0, 0.1) is 0 Å². The molecule has 0 bridgehead atoms. The molecule has 0 aliphatic carbocycles. The zero-order valence-electron chi connectivity index (χ0n) is 10.5. The van der Waals surface area contributed by atoms with Crippen molar-refractivity contribution < 1.29 is 9.53 Å². The maximum absolute atomic E-state index is 10.8. The summed E-state index contributed by atoms with van der Waals surface area (Å²) in [6, 6.07) is 0. The Kier molecular flexibility index (Phi) is 4.60. The van der Waals surface area contributed by atoms with Gasteiger partial charge < -0.3 is 15.0 Å². The Morgan fingerprint density at radius 1 is 1.61 bits per heavy atom. The Morgan fingerprint density at radius 3 is 3.06 bits per heavy atom. The number of amides is 1. The van der Waals surface area contributed by atoms with Crippen molar-refractivity contribution in [3.05, 3.63) is 5.82 Å². The molecule has 7 heteroatoms. The van der Waals surface area contributed by atoms with Crippen molar-refractivity contribution in [3.63, 3.8) is 0 Å². The second-order valence-electron chi connectivity index (χ2n) is 4.25. The molecule has 2 N–H and O–H groups in total. The third-order valence-electron chi connectivity index (χ3n) is 2.86. The molecular formula is C11H18N4O2S. The highest BCUT2D eigenvalue weighted by molar-refractivity contribution is 7.99. The minimum Gasteiger partial charge on any atom is -0.376 e. The van der Waals surface area contributed by atoms with Crippen molar-refractivity contribution >= 4 is 17.7 Å². The Bertz CT molecular complexity index is 415. The van der Waals surface area contributed by atoms with Crippen LogP contribution in [-0.4, -0.2) is 39.1 Å². The van der Waals surface area contributed by atoms with Gasteiger partial charge in [0.2, 0.25) is 5.91 Å². The standard InChI is InChI=1S/C11H18N4O2S/c1-2-10-13-14-11(18-7-9(12)16)15(10)6-8-4-3-5-17-8/h8H,2-7H2,1H3,(H2,12,16). The molecule has 18 heavy (non-hydrogen) atoms. The zero-order chi connectivity index (χ0) is 13.0. The van der Waals surface area contributed by atoms with Gasteiger partial charge in [0, 0.05) is 13.0 Å². The molecule has 1 aromatic heterocycles. The molecule has 0 spiro atoms. The predicted molar refractivity (Wildman–Crippen MR) is 68.3 cm³/mol. The van der Waals surface area contributed by atoms with Crippen LogP contribution in [0.2, 0.25) is 0 Å². The number of primary amides is 1. The number of nitrogens with two attached hydrogens (primary N) is 1. The SMILES string of the molecule is CCc1nnc(SCC(N)=O)n1CC1CCCO1. The van der Waals surface area contributed by atoms with Gasteiger partial charge in [0.05, 0.1) is 18.4 Å². The number of nitrogens with zero attached hydrogens (tertiary/aromatic N) is 3. The van der Waals surface area contributed by atoms with Crippen molar-refractivity contribution in [2.24, 2.45) is 5.73 Å². The number of rotatable bonds is 6. The first-order valence-electron chi connectivity index (χ1n) is 6.15. The van der Waals surface area contributed by atoms with Gasteiger partial charge >= 0.3 is 0 Å². The molecule has 0 saturated carbocycles. The van der Waals surface area contributed by atoms with E-state index in [0.29, 0.717) is 0 Å². The fraction of sp³-hybridized carbons (Fsp3) is 0.727. The van der Waals surface area contributed by atoms with Crippen LogP contribution >= 0.6 is 11.8 Å². The predicted octanol–water partition coefficient (Wildman–Crippen LogP) is 0.597. The summed E-state index contributed by atoms with van der Waals surface area (Å²) in [4.78, 5) is 10.8. The normalized spacial score (nSPS) is 19.3. The first-order valence-corrected chi connectivity index (χ1v) is 7.14. The van der Waals surface area contributed by atoms with Crippen LogP contribution in [0.4, 0.5) is 0 Å². The van der Waals surface area contributed by atoms with Gasteiger partial charge in [0.25, 0.3) is 0 Å². The molecule has 100 valence electrons. The maximum Gasteiger partial charge on any atom is 0.227 e. The number of aryl methyl sites for hydroxylation is 1. The van der Waals surface area contributed by atoms with Gasteiger partial charge in [-0.2, -0.15) is 0 Å². The zero-order valence-corrected chi connectivity index (χ0v) is 11.3. The highest BCUT2D eigenvalue weighted by Crippen LogP contribution is 2.21. The van der Waals surface area contributed by atoms with Gasteiger partial charge in [-0.25, -0.2) is 0 Å². The molecule has 1 aromatic rings. The lowest BCUT2D eigenvalue weighted by Crippen LogP contribution is -2.18. The van der Waals surface area contributed by atoms with Crippen LogP contribution in [0.5, 0.6) is 0 Å². The molecule has 1 amide bonds. The summed E-state index contributed by atoms with van der Waals surface area (Å²) >= 11 is 1.33. The van der Waals surface area contributed by atoms with E-state index in [1.54, 1.807) is 0 Å². The highest BCUT2D eigenvalue weighted by atomic mass is 32.2. The Hall–Kier alpha value is -1.08. The molecular weight excluding hydrogens is 252 g/mol. The topological polar surface area (TPSA) is 83.0 Å². The molecule has 1 unspecified atom stereocenters. The number of hydrogen-bond donors (Lipinski definition) is 1. The first-order chi connectivity index (χ1) is 8.70. The van der Waals surface area contributed by atoms with E-state index in [9.17, 15) is 4.79 Å². The van der Waals surface area contributed by atoms with E-state index in [4.69, 9.17) is 10.5 Å². The summed E-state index contributed by atoms with van der Waals surface area (Å²) in [5.41, 5.74) is 5.15. The molecule has 1 aliphatic heterocycles. The first kappa shape index (κ1) is 13.4. The highest BCUT2D eigenvalue weighted by Gasteiger charge is 2.20. The summed E-state index contributed by atoms with van der Waals surface area (Å²) in [5.74, 6) is 0.815. The van der Waals surface area contributed by atoms with Crippen LogP contribution in [0.1, 0.15) is 25.6 Å².